The highest BCUT2D eigenvalue weighted by molar-refractivity contribution is 5.47. The number of hydrogen-bond acceptors (Lipinski definition) is 4. The largest absolute Gasteiger partial charge is 0.398 e. The van der Waals surface area contributed by atoms with Gasteiger partial charge >= 0.3 is 0 Å². The van der Waals surface area contributed by atoms with E-state index in [0.717, 1.165) is 51.3 Å². The fraction of sp³-hybridized carbons (Fsp3) is 0.400. The quantitative estimate of drug-likeness (QED) is 0.801. The number of nitrogens with two attached hydrogens (primary N) is 1. The lowest BCUT2D eigenvalue weighted by Gasteiger charge is -2.35. The van der Waals surface area contributed by atoms with Crippen LogP contribution in [0.2, 0.25) is 0 Å². The van der Waals surface area contributed by atoms with Crippen LogP contribution in [-0.4, -0.2) is 47.6 Å². The average molecular weight is 325 g/mol. The first kappa shape index (κ1) is 17.0. The van der Waals surface area contributed by atoms with Crippen LogP contribution >= 0.6 is 0 Å². The van der Waals surface area contributed by atoms with Gasteiger partial charge in [0.15, 0.2) is 0 Å². The molecule has 0 bridgehead atoms. The Morgan fingerprint density at radius 1 is 0.875 bits per heavy atom. The van der Waals surface area contributed by atoms with Crippen LogP contribution in [0, 0.1) is 0 Å². The van der Waals surface area contributed by atoms with Crippen molar-refractivity contribution in [2.24, 2.45) is 0 Å². The number of nitrogen functional groups attached to an aromatic ring is 1. The molecule has 1 heterocycles. The van der Waals surface area contributed by atoms with Gasteiger partial charge < -0.3 is 15.7 Å². The second kappa shape index (κ2) is 8.29. The summed E-state index contributed by atoms with van der Waals surface area (Å²) in [5, 5.41) is 10.4. The highest BCUT2D eigenvalue weighted by Crippen LogP contribution is 2.23. The predicted octanol–water partition coefficient (Wildman–Crippen LogP) is 2.51. The third kappa shape index (κ3) is 4.57. The Labute approximate surface area is 144 Å². The molecule has 0 aliphatic carbocycles. The summed E-state index contributed by atoms with van der Waals surface area (Å²) in [5.74, 6) is 0. The molecule has 1 aliphatic rings. The molecule has 0 aromatic heterocycles. The molecule has 1 unspecified atom stereocenters. The van der Waals surface area contributed by atoms with Crippen LogP contribution in [0.4, 0.5) is 5.69 Å². The molecule has 3 rings (SSSR count). The van der Waals surface area contributed by atoms with Gasteiger partial charge in [-0.25, -0.2) is 0 Å². The molecule has 4 heteroatoms. The molecule has 2 aromatic carbocycles. The second-order valence-corrected chi connectivity index (χ2v) is 6.54. The normalized spacial score (nSPS) is 17.7. The molecule has 1 fully saturated rings. The van der Waals surface area contributed by atoms with E-state index in [4.69, 9.17) is 5.73 Å². The number of piperazine rings is 1. The molecule has 24 heavy (non-hydrogen) atoms. The van der Waals surface area contributed by atoms with Crippen LogP contribution in [0.25, 0.3) is 0 Å². The van der Waals surface area contributed by atoms with Crippen LogP contribution in [0.1, 0.15) is 23.7 Å². The first-order valence-corrected chi connectivity index (χ1v) is 8.73. The van der Waals surface area contributed by atoms with Crippen molar-refractivity contribution in [3.8, 4) is 0 Å². The third-order valence-electron chi connectivity index (χ3n) is 4.79. The van der Waals surface area contributed by atoms with E-state index in [2.05, 4.69) is 40.1 Å². The highest BCUT2D eigenvalue weighted by Gasteiger charge is 2.18. The minimum absolute atomic E-state index is 0.478. The van der Waals surface area contributed by atoms with Crippen LogP contribution in [0.5, 0.6) is 0 Å². The van der Waals surface area contributed by atoms with Crippen molar-refractivity contribution < 1.29 is 5.11 Å². The average Bonchev–Trinajstić information content (AvgIpc) is 2.62. The Balaban J connectivity index is 1.42. The summed E-state index contributed by atoms with van der Waals surface area (Å²) in [6.45, 7) is 6.22. The molecule has 1 aliphatic heterocycles. The number of nitrogens with zero attached hydrogens (tertiary/aromatic N) is 2. The molecule has 1 saturated heterocycles. The first-order chi connectivity index (χ1) is 11.7. The zero-order chi connectivity index (χ0) is 16.8. The molecule has 2 aromatic rings. The summed E-state index contributed by atoms with van der Waals surface area (Å²) < 4.78 is 0. The molecule has 0 spiro atoms. The summed E-state index contributed by atoms with van der Waals surface area (Å²) in [7, 11) is 0. The lowest BCUT2D eigenvalue weighted by atomic mass is 10.0. The van der Waals surface area contributed by atoms with Crippen molar-refractivity contribution in [3.05, 3.63) is 65.7 Å². The van der Waals surface area contributed by atoms with Gasteiger partial charge in [0.05, 0.1) is 6.10 Å². The third-order valence-corrected chi connectivity index (χ3v) is 4.79. The zero-order valence-electron chi connectivity index (χ0n) is 14.1. The van der Waals surface area contributed by atoms with Gasteiger partial charge in [0.1, 0.15) is 0 Å². The van der Waals surface area contributed by atoms with Crippen molar-refractivity contribution in [1.29, 1.82) is 0 Å². The maximum absolute atomic E-state index is 10.4. The summed E-state index contributed by atoms with van der Waals surface area (Å²) in [6, 6.07) is 18.2. The van der Waals surface area contributed by atoms with Gasteiger partial charge in [-0.05, 0) is 18.1 Å². The van der Waals surface area contributed by atoms with Gasteiger partial charge in [0.2, 0.25) is 0 Å². The van der Waals surface area contributed by atoms with Gasteiger partial charge in [-0.2, -0.15) is 0 Å². The number of anilines is 1. The molecule has 1 atom stereocenters. The minimum atomic E-state index is -0.478. The van der Waals surface area contributed by atoms with E-state index in [0.29, 0.717) is 5.69 Å². The molecular formula is C20H27N3O. The van der Waals surface area contributed by atoms with Crippen molar-refractivity contribution in [2.75, 3.05) is 38.5 Å². The van der Waals surface area contributed by atoms with Gasteiger partial charge in [-0.3, -0.25) is 4.90 Å². The fourth-order valence-electron chi connectivity index (χ4n) is 3.29. The molecule has 128 valence electrons. The van der Waals surface area contributed by atoms with Crippen molar-refractivity contribution >= 4 is 5.69 Å². The Morgan fingerprint density at radius 3 is 2.21 bits per heavy atom. The van der Waals surface area contributed by atoms with Crippen LogP contribution in [-0.2, 0) is 6.54 Å². The number of aliphatic hydroxyl groups excluding tert-OH is 1. The van der Waals surface area contributed by atoms with Crippen molar-refractivity contribution in [1.82, 2.24) is 9.80 Å². The minimum Gasteiger partial charge on any atom is -0.398 e. The SMILES string of the molecule is Nc1ccccc1C(O)CCN1CCN(Cc2ccccc2)CC1. The maximum Gasteiger partial charge on any atom is 0.0822 e. The molecule has 4 nitrogen and oxygen atoms in total. The Hall–Kier alpha value is -1.88. The Morgan fingerprint density at radius 2 is 1.50 bits per heavy atom. The van der Waals surface area contributed by atoms with E-state index in [9.17, 15) is 5.11 Å². The van der Waals surface area contributed by atoms with Crippen LogP contribution in [0.3, 0.4) is 0 Å². The van der Waals surface area contributed by atoms with Gasteiger partial charge in [-0.1, -0.05) is 48.5 Å². The van der Waals surface area contributed by atoms with E-state index >= 15 is 0 Å². The van der Waals surface area contributed by atoms with Gasteiger partial charge in [-0.15, -0.1) is 0 Å². The lowest BCUT2D eigenvalue weighted by Crippen LogP contribution is -2.46. The Bertz CT molecular complexity index is 624. The number of para-hydroxylation sites is 1. The molecule has 0 saturated carbocycles. The number of hydrogen-bond donors (Lipinski definition) is 2. The smallest absolute Gasteiger partial charge is 0.0822 e. The van der Waals surface area contributed by atoms with Crippen LogP contribution < -0.4 is 5.73 Å². The fourth-order valence-corrected chi connectivity index (χ4v) is 3.29. The van der Waals surface area contributed by atoms with E-state index in [1.165, 1.54) is 5.56 Å². The van der Waals surface area contributed by atoms with Gasteiger partial charge in [0, 0.05) is 50.5 Å². The van der Waals surface area contributed by atoms with E-state index < -0.39 is 6.10 Å². The Kier molecular flexibility index (Phi) is 5.86. The maximum atomic E-state index is 10.4. The molecule has 0 amide bonds. The standard InChI is InChI=1S/C20H27N3O/c21-19-9-5-4-8-18(19)20(24)10-11-22-12-14-23(15-13-22)16-17-6-2-1-3-7-17/h1-9,20,24H,10-16,21H2. The number of aliphatic hydroxyl groups is 1. The second-order valence-electron chi connectivity index (χ2n) is 6.54. The molecule has 0 radical (unpaired) electrons. The predicted molar refractivity (Wildman–Crippen MR) is 98.6 cm³/mol. The zero-order valence-corrected chi connectivity index (χ0v) is 14.1. The topological polar surface area (TPSA) is 52.7 Å². The van der Waals surface area contributed by atoms with Gasteiger partial charge in [0.25, 0.3) is 0 Å². The molecular weight excluding hydrogens is 298 g/mol. The summed E-state index contributed by atoms with van der Waals surface area (Å²) >= 11 is 0. The van der Waals surface area contributed by atoms with E-state index in [1.54, 1.807) is 0 Å². The van der Waals surface area contributed by atoms with E-state index in [1.807, 2.05) is 24.3 Å². The monoisotopic (exact) mass is 325 g/mol. The number of benzene rings is 2. The summed E-state index contributed by atoms with van der Waals surface area (Å²) in [6.07, 6.45) is 0.251. The summed E-state index contributed by atoms with van der Waals surface area (Å²) in [5.41, 5.74) is 8.84. The lowest BCUT2D eigenvalue weighted by molar-refractivity contribution is 0.0996. The van der Waals surface area contributed by atoms with Crippen molar-refractivity contribution in [3.63, 3.8) is 0 Å². The first-order valence-electron chi connectivity index (χ1n) is 8.73. The van der Waals surface area contributed by atoms with Crippen molar-refractivity contribution in [2.45, 2.75) is 19.1 Å². The summed E-state index contributed by atoms with van der Waals surface area (Å²) in [4.78, 5) is 4.93. The molecule has 3 N–H and O–H groups in total. The highest BCUT2D eigenvalue weighted by atomic mass is 16.3. The van der Waals surface area contributed by atoms with Crippen LogP contribution in [0.15, 0.2) is 54.6 Å². The number of rotatable bonds is 6. The van der Waals surface area contributed by atoms with E-state index in [-0.39, 0.29) is 0 Å².